The maximum atomic E-state index is 11.9. The van der Waals surface area contributed by atoms with Crippen LogP contribution in [0.25, 0.3) is 0 Å². The fraction of sp³-hybridized carbons (Fsp3) is 0.409. The fourth-order valence-corrected chi connectivity index (χ4v) is 2.63. The summed E-state index contributed by atoms with van der Waals surface area (Å²) in [6, 6.07) is 15.5. The maximum absolute atomic E-state index is 11.9. The number of para-hydroxylation sites is 1. The topological polar surface area (TPSA) is 56.8 Å². The largest absolute Gasteiger partial charge is 0.494 e. The van der Waals surface area contributed by atoms with Crippen molar-refractivity contribution in [3.63, 3.8) is 0 Å². The minimum absolute atomic E-state index is 0.0441. The molecule has 0 radical (unpaired) electrons. The Balaban J connectivity index is 1.67. The van der Waals surface area contributed by atoms with Crippen LogP contribution in [0.1, 0.15) is 32.3 Å². The summed E-state index contributed by atoms with van der Waals surface area (Å²) in [5.74, 6) is 2.38. The van der Waals surface area contributed by atoms with Crippen LogP contribution >= 0.6 is 0 Å². The highest BCUT2D eigenvalue weighted by atomic mass is 16.5. The SMILES string of the molecule is CCOc1ccc(CCNC(=O)CCCOc2ccccc2)cc1OCC. The average molecular weight is 371 g/mol. The Morgan fingerprint density at radius 3 is 2.41 bits per heavy atom. The molecule has 0 aliphatic rings. The zero-order valence-electron chi connectivity index (χ0n) is 16.2. The van der Waals surface area contributed by atoms with Crippen LogP contribution in [0.2, 0.25) is 0 Å². The first kappa shape index (κ1) is 20.6. The first-order chi connectivity index (χ1) is 13.2. The summed E-state index contributed by atoms with van der Waals surface area (Å²) in [7, 11) is 0. The Kier molecular flexibility index (Phi) is 9.04. The van der Waals surface area contributed by atoms with E-state index in [1.54, 1.807) is 0 Å². The number of carbonyl (C=O) groups is 1. The second-order valence-electron chi connectivity index (χ2n) is 6.01. The highest BCUT2D eigenvalue weighted by molar-refractivity contribution is 5.75. The number of ether oxygens (including phenoxy) is 3. The van der Waals surface area contributed by atoms with Gasteiger partial charge in [-0.05, 0) is 56.5 Å². The smallest absolute Gasteiger partial charge is 0.220 e. The van der Waals surface area contributed by atoms with Gasteiger partial charge in [-0.15, -0.1) is 0 Å². The molecule has 2 aromatic carbocycles. The molecule has 27 heavy (non-hydrogen) atoms. The molecule has 0 aromatic heterocycles. The molecule has 0 spiro atoms. The summed E-state index contributed by atoms with van der Waals surface area (Å²) in [4.78, 5) is 11.9. The minimum atomic E-state index is 0.0441. The molecule has 0 unspecified atom stereocenters. The van der Waals surface area contributed by atoms with E-state index >= 15 is 0 Å². The molecule has 0 saturated heterocycles. The van der Waals surface area contributed by atoms with Gasteiger partial charge in [0.25, 0.3) is 0 Å². The Hall–Kier alpha value is -2.69. The van der Waals surface area contributed by atoms with Crippen LogP contribution < -0.4 is 19.5 Å². The van der Waals surface area contributed by atoms with Gasteiger partial charge in [-0.1, -0.05) is 24.3 Å². The van der Waals surface area contributed by atoms with E-state index in [9.17, 15) is 4.79 Å². The second-order valence-corrected chi connectivity index (χ2v) is 6.01. The van der Waals surface area contributed by atoms with Crippen molar-refractivity contribution in [1.82, 2.24) is 5.32 Å². The van der Waals surface area contributed by atoms with Gasteiger partial charge in [-0.3, -0.25) is 4.79 Å². The molecule has 0 saturated carbocycles. The number of rotatable bonds is 12. The van der Waals surface area contributed by atoms with Crippen LogP contribution in [0.5, 0.6) is 17.2 Å². The molecule has 2 rings (SSSR count). The summed E-state index contributed by atoms with van der Waals surface area (Å²) >= 11 is 0. The minimum Gasteiger partial charge on any atom is -0.494 e. The Bertz CT molecular complexity index is 688. The van der Waals surface area contributed by atoms with Crippen molar-refractivity contribution in [2.45, 2.75) is 33.1 Å². The van der Waals surface area contributed by atoms with Crippen LogP contribution in [0.4, 0.5) is 0 Å². The van der Waals surface area contributed by atoms with Gasteiger partial charge in [0.2, 0.25) is 5.91 Å². The third-order valence-electron chi connectivity index (χ3n) is 3.90. The molecule has 2 aromatic rings. The zero-order valence-corrected chi connectivity index (χ0v) is 16.2. The quantitative estimate of drug-likeness (QED) is 0.573. The van der Waals surface area contributed by atoms with Crippen molar-refractivity contribution >= 4 is 5.91 Å². The number of benzene rings is 2. The molecule has 0 fully saturated rings. The van der Waals surface area contributed by atoms with E-state index < -0.39 is 0 Å². The van der Waals surface area contributed by atoms with Crippen LogP contribution in [0, 0.1) is 0 Å². The lowest BCUT2D eigenvalue weighted by atomic mass is 10.1. The normalized spacial score (nSPS) is 10.3. The number of hydrogen-bond donors (Lipinski definition) is 1. The average Bonchev–Trinajstić information content (AvgIpc) is 2.68. The molecule has 0 aliphatic carbocycles. The summed E-state index contributed by atoms with van der Waals surface area (Å²) < 4.78 is 16.8. The number of amides is 1. The van der Waals surface area contributed by atoms with E-state index in [0.29, 0.717) is 39.2 Å². The van der Waals surface area contributed by atoms with Crippen molar-refractivity contribution in [3.8, 4) is 17.2 Å². The van der Waals surface area contributed by atoms with Gasteiger partial charge >= 0.3 is 0 Å². The van der Waals surface area contributed by atoms with Crippen molar-refractivity contribution in [2.24, 2.45) is 0 Å². The van der Waals surface area contributed by atoms with Crippen LogP contribution in [0.3, 0.4) is 0 Å². The lowest BCUT2D eigenvalue weighted by Gasteiger charge is -2.12. The molecule has 1 amide bonds. The van der Waals surface area contributed by atoms with Crippen LogP contribution in [0.15, 0.2) is 48.5 Å². The van der Waals surface area contributed by atoms with Gasteiger partial charge < -0.3 is 19.5 Å². The molecule has 0 aliphatic heterocycles. The molecule has 0 atom stereocenters. The third kappa shape index (κ3) is 7.60. The standard InChI is InChI=1S/C22H29NO4/c1-3-25-20-13-12-18(17-21(20)26-4-2)14-15-23-22(24)11-8-16-27-19-9-6-5-7-10-19/h5-7,9-10,12-13,17H,3-4,8,11,14-16H2,1-2H3,(H,23,24). The monoisotopic (exact) mass is 371 g/mol. The molecule has 0 bridgehead atoms. The van der Waals surface area contributed by atoms with Crippen molar-refractivity contribution in [3.05, 3.63) is 54.1 Å². The molecule has 1 N–H and O–H groups in total. The van der Waals surface area contributed by atoms with E-state index in [4.69, 9.17) is 14.2 Å². The lowest BCUT2D eigenvalue weighted by molar-refractivity contribution is -0.121. The zero-order chi connectivity index (χ0) is 19.3. The third-order valence-corrected chi connectivity index (χ3v) is 3.90. The Labute approximate surface area is 161 Å². The number of hydrogen-bond acceptors (Lipinski definition) is 4. The van der Waals surface area contributed by atoms with Crippen molar-refractivity contribution in [1.29, 1.82) is 0 Å². The molecule has 5 heteroatoms. The molecular formula is C22H29NO4. The number of carbonyl (C=O) groups excluding carboxylic acids is 1. The molecule has 5 nitrogen and oxygen atoms in total. The molecular weight excluding hydrogens is 342 g/mol. The first-order valence-corrected chi connectivity index (χ1v) is 9.56. The fourth-order valence-electron chi connectivity index (χ4n) is 2.63. The van der Waals surface area contributed by atoms with E-state index in [2.05, 4.69) is 5.32 Å². The van der Waals surface area contributed by atoms with Gasteiger partial charge in [0.1, 0.15) is 5.75 Å². The van der Waals surface area contributed by atoms with Gasteiger partial charge in [-0.2, -0.15) is 0 Å². The van der Waals surface area contributed by atoms with E-state index in [1.807, 2.05) is 62.4 Å². The second kappa shape index (κ2) is 11.8. The summed E-state index contributed by atoms with van der Waals surface area (Å²) in [6.45, 7) is 6.22. The molecule has 146 valence electrons. The van der Waals surface area contributed by atoms with Crippen LogP contribution in [-0.2, 0) is 11.2 Å². The highest BCUT2D eigenvalue weighted by Crippen LogP contribution is 2.28. The van der Waals surface area contributed by atoms with E-state index in [1.165, 1.54) is 0 Å². The Morgan fingerprint density at radius 2 is 1.67 bits per heavy atom. The first-order valence-electron chi connectivity index (χ1n) is 9.56. The van der Waals surface area contributed by atoms with Crippen LogP contribution in [-0.4, -0.2) is 32.3 Å². The predicted octanol–water partition coefficient (Wildman–Crippen LogP) is 4.00. The van der Waals surface area contributed by atoms with Gasteiger partial charge in [0.15, 0.2) is 11.5 Å². The van der Waals surface area contributed by atoms with Gasteiger partial charge in [0.05, 0.1) is 19.8 Å². The molecule has 0 heterocycles. The van der Waals surface area contributed by atoms with Gasteiger partial charge in [0, 0.05) is 13.0 Å². The maximum Gasteiger partial charge on any atom is 0.220 e. The highest BCUT2D eigenvalue weighted by Gasteiger charge is 2.07. The predicted molar refractivity (Wildman–Crippen MR) is 107 cm³/mol. The van der Waals surface area contributed by atoms with Crippen molar-refractivity contribution in [2.75, 3.05) is 26.4 Å². The van der Waals surface area contributed by atoms with Crippen molar-refractivity contribution < 1.29 is 19.0 Å². The lowest BCUT2D eigenvalue weighted by Crippen LogP contribution is -2.25. The number of nitrogens with one attached hydrogen (secondary N) is 1. The van der Waals surface area contributed by atoms with Gasteiger partial charge in [-0.25, -0.2) is 0 Å². The summed E-state index contributed by atoms with van der Waals surface area (Å²) in [5.41, 5.74) is 1.11. The van der Waals surface area contributed by atoms with E-state index in [0.717, 1.165) is 29.2 Å². The Morgan fingerprint density at radius 1 is 0.926 bits per heavy atom. The summed E-state index contributed by atoms with van der Waals surface area (Å²) in [6.07, 6.45) is 1.90. The van der Waals surface area contributed by atoms with E-state index in [-0.39, 0.29) is 5.91 Å². The summed E-state index contributed by atoms with van der Waals surface area (Å²) in [5, 5.41) is 2.95.